The highest BCUT2D eigenvalue weighted by Crippen LogP contribution is 2.27. The maximum absolute atomic E-state index is 13.0. The van der Waals surface area contributed by atoms with Crippen molar-refractivity contribution in [3.8, 4) is 5.75 Å². The second kappa shape index (κ2) is 5.36. The molecule has 18 heavy (non-hydrogen) atoms. The number of hydrogen-bond acceptors (Lipinski definition) is 5. The van der Waals surface area contributed by atoms with Gasteiger partial charge in [0.1, 0.15) is 11.6 Å². The van der Waals surface area contributed by atoms with Gasteiger partial charge in [0.05, 0.1) is 17.0 Å². The number of nitrogens with zero attached hydrogens (tertiary/aromatic N) is 2. The number of carbonyl (C=O) groups excluding carboxylic acids is 1. The zero-order valence-corrected chi connectivity index (χ0v) is 10.4. The topological polar surface area (TPSA) is 74.0 Å². The molecule has 0 saturated carbocycles. The van der Waals surface area contributed by atoms with Gasteiger partial charge in [-0.15, -0.1) is 5.10 Å². The van der Waals surface area contributed by atoms with Crippen molar-refractivity contribution in [1.82, 2.24) is 5.32 Å². The van der Waals surface area contributed by atoms with E-state index in [0.29, 0.717) is 10.9 Å². The number of rotatable bonds is 2. The van der Waals surface area contributed by atoms with Gasteiger partial charge in [-0.25, -0.2) is 4.39 Å². The first-order chi connectivity index (χ1) is 8.56. The molecule has 0 atom stereocenters. The van der Waals surface area contributed by atoms with E-state index >= 15 is 0 Å². The van der Waals surface area contributed by atoms with E-state index < -0.39 is 5.82 Å². The summed E-state index contributed by atoms with van der Waals surface area (Å²) in [5.74, 6) is -0.711. The Morgan fingerprint density at radius 1 is 1.56 bits per heavy atom. The number of amidine groups is 1. The van der Waals surface area contributed by atoms with Crippen molar-refractivity contribution in [3.63, 3.8) is 0 Å². The summed E-state index contributed by atoms with van der Waals surface area (Å²) in [5, 5.41) is 19.6. The summed E-state index contributed by atoms with van der Waals surface area (Å²) in [7, 11) is 0. The second-order valence-electron chi connectivity index (χ2n) is 3.31. The molecule has 1 aromatic rings. The molecule has 2 N–H and O–H groups in total. The third-order valence-corrected chi connectivity index (χ3v) is 3.14. The van der Waals surface area contributed by atoms with Crippen molar-refractivity contribution in [2.45, 2.75) is 0 Å². The van der Waals surface area contributed by atoms with Gasteiger partial charge in [0.15, 0.2) is 5.17 Å². The summed E-state index contributed by atoms with van der Waals surface area (Å²) in [4.78, 5) is 10.9. The van der Waals surface area contributed by atoms with Crippen LogP contribution in [0.2, 0.25) is 5.02 Å². The normalized spacial score (nSPS) is 17.7. The lowest BCUT2D eigenvalue weighted by molar-refractivity contribution is -0.116. The van der Waals surface area contributed by atoms with Crippen molar-refractivity contribution >= 4 is 40.7 Å². The SMILES string of the molecule is O=C1CSC(=NN=Cc2cc(F)cc(Cl)c2O)N1. The highest BCUT2D eigenvalue weighted by atomic mass is 35.5. The maximum atomic E-state index is 13.0. The van der Waals surface area contributed by atoms with Crippen LogP contribution in [0.1, 0.15) is 5.56 Å². The Kier molecular flexibility index (Phi) is 3.83. The van der Waals surface area contributed by atoms with E-state index in [1.807, 2.05) is 0 Å². The Labute approximate surface area is 111 Å². The van der Waals surface area contributed by atoms with Crippen LogP contribution >= 0.6 is 23.4 Å². The Morgan fingerprint density at radius 2 is 2.33 bits per heavy atom. The number of hydrogen-bond donors (Lipinski definition) is 2. The average Bonchev–Trinajstić information content (AvgIpc) is 2.71. The molecule has 1 amide bonds. The van der Waals surface area contributed by atoms with Crippen LogP contribution < -0.4 is 5.32 Å². The molecule has 0 radical (unpaired) electrons. The third-order valence-electron chi connectivity index (χ3n) is 1.99. The molecule has 1 aromatic carbocycles. The quantitative estimate of drug-likeness (QED) is 0.643. The van der Waals surface area contributed by atoms with Crippen LogP contribution in [0.5, 0.6) is 5.75 Å². The number of nitrogens with one attached hydrogen (secondary N) is 1. The predicted octanol–water partition coefficient (Wildman–Crippen LogP) is 1.74. The number of thioether (sulfide) groups is 1. The number of aromatic hydroxyl groups is 1. The first-order valence-electron chi connectivity index (χ1n) is 4.78. The molecule has 0 spiro atoms. The molecule has 1 saturated heterocycles. The van der Waals surface area contributed by atoms with Gasteiger partial charge >= 0.3 is 0 Å². The lowest BCUT2D eigenvalue weighted by Crippen LogP contribution is -2.19. The van der Waals surface area contributed by atoms with E-state index in [1.54, 1.807) is 0 Å². The second-order valence-corrected chi connectivity index (χ2v) is 4.68. The predicted molar refractivity (Wildman–Crippen MR) is 68.7 cm³/mol. The molecular weight excluding hydrogens is 281 g/mol. The van der Waals surface area contributed by atoms with Gasteiger partial charge in [-0.1, -0.05) is 23.4 Å². The monoisotopic (exact) mass is 287 g/mol. The zero-order chi connectivity index (χ0) is 13.1. The molecule has 1 heterocycles. The third kappa shape index (κ3) is 2.99. The highest BCUT2D eigenvalue weighted by molar-refractivity contribution is 8.15. The molecule has 0 aromatic heterocycles. The smallest absolute Gasteiger partial charge is 0.236 e. The van der Waals surface area contributed by atoms with Crippen molar-refractivity contribution < 1.29 is 14.3 Å². The molecule has 0 bridgehead atoms. The molecule has 1 aliphatic heterocycles. The molecule has 0 unspecified atom stereocenters. The maximum Gasteiger partial charge on any atom is 0.236 e. The molecule has 0 aliphatic carbocycles. The minimum Gasteiger partial charge on any atom is -0.506 e. The fourth-order valence-electron chi connectivity index (χ4n) is 1.21. The summed E-state index contributed by atoms with van der Waals surface area (Å²) >= 11 is 6.80. The summed E-state index contributed by atoms with van der Waals surface area (Å²) in [6.07, 6.45) is 1.16. The van der Waals surface area contributed by atoms with Gasteiger partial charge in [-0.2, -0.15) is 5.10 Å². The van der Waals surface area contributed by atoms with Crippen LogP contribution in [0.15, 0.2) is 22.3 Å². The van der Waals surface area contributed by atoms with Gasteiger partial charge in [-0.3, -0.25) is 4.79 Å². The van der Waals surface area contributed by atoms with E-state index in [9.17, 15) is 14.3 Å². The van der Waals surface area contributed by atoms with E-state index in [1.165, 1.54) is 11.8 Å². The molecule has 8 heteroatoms. The van der Waals surface area contributed by atoms with Crippen LogP contribution in [0.4, 0.5) is 4.39 Å². The zero-order valence-electron chi connectivity index (χ0n) is 8.85. The molecule has 2 rings (SSSR count). The van der Waals surface area contributed by atoms with Gasteiger partial charge in [0, 0.05) is 5.56 Å². The van der Waals surface area contributed by atoms with Gasteiger partial charge in [0.2, 0.25) is 5.91 Å². The highest BCUT2D eigenvalue weighted by Gasteiger charge is 2.16. The van der Waals surface area contributed by atoms with Crippen LogP contribution in [-0.4, -0.2) is 28.1 Å². The largest absolute Gasteiger partial charge is 0.506 e. The van der Waals surface area contributed by atoms with Crippen molar-refractivity contribution in [2.24, 2.45) is 10.2 Å². The van der Waals surface area contributed by atoms with Crippen molar-refractivity contribution in [3.05, 3.63) is 28.5 Å². The number of phenols is 1. The molecule has 5 nitrogen and oxygen atoms in total. The number of benzene rings is 1. The average molecular weight is 288 g/mol. The number of carbonyl (C=O) groups is 1. The minimum absolute atomic E-state index is 0.104. The van der Waals surface area contributed by atoms with Crippen LogP contribution in [0.3, 0.4) is 0 Å². The Balaban J connectivity index is 2.17. The lowest BCUT2D eigenvalue weighted by Gasteiger charge is -2.00. The van der Waals surface area contributed by atoms with E-state index in [2.05, 4.69) is 15.5 Å². The summed E-state index contributed by atoms with van der Waals surface area (Å²) in [6, 6.07) is 2.07. The molecular formula is C10H7ClFN3O2S. The Hall–Kier alpha value is -1.60. The standard InChI is InChI=1S/C10H7ClFN3O2S/c11-7-2-6(12)1-5(9(7)17)3-13-15-10-14-8(16)4-18-10/h1-3,17H,4H2,(H,14,15,16). The molecule has 94 valence electrons. The number of phenolic OH excluding ortho intramolecular Hbond substituents is 1. The minimum atomic E-state index is -0.588. The van der Waals surface area contributed by atoms with Gasteiger partial charge in [-0.05, 0) is 12.1 Å². The fraction of sp³-hybridized carbons (Fsp3) is 0.100. The lowest BCUT2D eigenvalue weighted by atomic mass is 10.2. The van der Waals surface area contributed by atoms with E-state index in [4.69, 9.17) is 11.6 Å². The summed E-state index contributed by atoms with van der Waals surface area (Å²) in [5.41, 5.74) is 0.110. The van der Waals surface area contributed by atoms with Crippen LogP contribution in [0.25, 0.3) is 0 Å². The van der Waals surface area contributed by atoms with Crippen molar-refractivity contribution in [2.75, 3.05) is 5.75 Å². The fourth-order valence-corrected chi connectivity index (χ4v) is 2.05. The molecule has 1 aliphatic rings. The first kappa shape index (κ1) is 12.8. The number of amides is 1. The summed E-state index contributed by atoms with van der Waals surface area (Å²) < 4.78 is 13.0. The Bertz CT molecular complexity index is 562. The van der Waals surface area contributed by atoms with Crippen LogP contribution in [0, 0.1) is 5.82 Å². The van der Waals surface area contributed by atoms with E-state index in [-0.39, 0.29) is 22.2 Å². The number of halogens is 2. The van der Waals surface area contributed by atoms with Gasteiger partial charge < -0.3 is 10.4 Å². The Morgan fingerprint density at radius 3 is 3.00 bits per heavy atom. The summed E-state index contributed by atoms with van der Waals surface area (Å²) in [6.45, 7) is 0. The van der Waals surface area contributed by atoms with Crippen LogP contribution in [-0.2, 0) is 4.79 Å². The first-order valence-corrected chi connectivity index (χ1v) is 6.14. The molecule has 1 fully saturated rings. The van der Waals surface area contributed by atoms with Crippen molar-refractivity contribution in [1.29, 1.82) is 0 Å². The van der Waals surface area contributed by atoms with E-state index in [0.717, 1.165) is 18.3 Å². The van der Waals surface area contributed by atoms with Gasteiger partial charge in [0.25, 0.3) is 0 Å².